The lowest BCUT2D eigenvalue weighted by molar-refractivity contribution is 1.08. The molecule has 0 aliphatic rings. The third-order valence-corrected chi connectivity index (χ3v) is 2.72. The molecule has 0 saturated carbocycles. The molecule has 0 saturated heterocycles. The maximum Gasteiger partial charge on any atom is 0.219 e. The first kappa shape index (κ1) is 11.2. The van der Waals surface area contributed by atoms with Gasteiger partial charge in [0, 0.05) is 28.9 Å². The molecule has 0 fully saturated rings. The van der Waals surface area contributed by atoms with Crippen LogP contribution in [0.1, 0.15) is 11.1 Å². The van der Waals surface area contributed by atoms with Gasteiger partial charge in [-0.1, -0.05) is 29.3 Å². The SMILES string of the molecule is Nc1ncc(Cc2ccc(Cl)cc2Cl)cn1. The summed E-state index contributed by atoms with van der Waals surface area (Å²) in [7, 11) is 0. The first-order valence-corrected chi connectivity index (χ1v) is 5.41. The Labute approximate surface area is 103 Å². The maximum atomic E-state index is 6.06. The number of hydrogen-bond acceptors (Lipinski definition) is 3. The van der Waals surface area contributed by atoms with Crippen LogP contribution in [-0.4, -0.2) is 9.97 Å². The van der Waals surface area contributed by atoms with E-state index in [-0.39, 0.29) is 5.95 Å². The van der Waals surface area contributed by atoms with Gasteiger partial charge in [-0.25, -0.2) is 9.97 Å². The topological polar surface area (TPSA) is 51.8 Å². The van der Waals surface area contributed by atoms with E-state index < -0.39 is 0 Å². The standard InChI is InChI=1S/C11H9Cl2N3/c12-9-2-1-8(10(13)4-9)3-7-5-15-11(14)16-6-7/h1-2,4-6H,3H2,(H2,14,15,16). The summed E-state index contributed by atoms with van der Waals surface area (Å²) in [6.45, 7) is 0. The average Bonchev–Trinajstić information content (AvgIpc) is 2.25. The summed E-state index contributed by atoms with van der Waals surface area (Å²) >= 11 is 11.9. The van der Waals surface area contributed by atoms with E-state index in [4.69, 9.17) is 28.9 Å². The number of halogens is 2. The highest BCUT2D eigenvalue weighted by molar-refractivity contribution is 6.35. The molecule has 0 aliphatic carbocycles. The Hall–Kier alpha value is -1.32. The maximum absolute atomic E-state index is 6.06. The summed E-state index contributed by atoms with van der Waals surface area (Å²) in [4.78, 5) is 7.84. The molecule has 1 aromatic heterocycles. The minimum absolute atomic E-state index is 0.269. The Kier molecular flexibility index (Phi) is 3.27. The second-order valence-corrected chi connectivity index (χ2v) is 4.21. The molecule has 0 unspecified atom stereocenters. The molecular formula is C11H9Cl2N3. The normalized spacial score (nSPS) is 10.4. The van der Waals surface area contributed by atoms with Crippen LogP contribution in [-0.2, 0) is 6.42 Å². The zero-order chi connectivity index (χ0) is 11.5. The molecule has 5 heteroatoms. The minimum atomic E-state index is 0.269. The van der Waals surface area contributed by atoms with Crippen molar-refractivity contribution in [2.75, 3.05) is 5.73 Å². The molecule has 3 nitrogen and oxygen atoms in total. The van der Waals surface area contributed by atoms with Crippen LogP contribution in [0.2, 0.25) is 10.0 Å². The smallest absolute Gasteiger partial charge is 0.219 e. The number of nitrogens with zero attached hydrogens (tertiary/aromatic N) is 2. The monoisotopic (exact) mass is 253 g/mol. The van der Waals surface area contributed by atoms with Crippen LogP contribution in [0.5, 0.6) is 0 Å². The number of nitrogen functional groups attached to an aromatic ring is 1. The second kappa shape index (κ2) is 4.68. The van der Waals surface area contributed by atoms with Gasteiger partial charge in [-0.2, -0.15) is 0 Å². The van der Waals surface area contributed by atoms with Crippen molar-refractivity contribution in [3.05, 3.63) is 51.8 Å². The zero-order valence-electron chi connectivity index (χ0n) is 8.32. The van der Waals surface area contributed by atoms with E-state index in [2.05, 4.69) is 9.97 Å². The molecule has 0 amide bonds. The van der Waals surface area contributed by atoms with Crippen molar-refractivity contribution in [1.82, 2.24) is 9.97 Å². The molecule has 2 aromatic rings. The van der Waals surface area contributed by atoms with Crippen LogP contribution in [0.25, 0.3) is 0 Å². The summed E-state index contributed by atoms with van der Waals surface area (Å²) in [6, 6.07) is 5.42. The van der Waals surface area contributed by atoms with Crippen molar-refractivity contribution < 1.29 is 0 Å². The van der Waals surface area contributed by atoms with Crippen LogP contribution < -0.4 is 5.73 Å². The fourth-order valence-electron chi connectivity index (χ4n) is 1.34. The van der Waals surface area contributed by atoms with E-state index in [1.54, 1.807) is 24.5 Å². The van der Waals surface area contributed by atoms with Gasteiger partial charge in [0.2, 0.25) is 5.95 Å². The lowest BCUT2D eigenvalue weighted by Crippen LogP contribution is -1.97. The quantitative estimate of drug-likeness (QED) is 0.896. The molecule has 0 aliphatic heterocycles. The van der Waals surface area contributed by atoms with Crippen LogP contribution in [0.15, 0.2) is 30.6 Å². The Balaban J connectivity index is 2.23. The number of benzene rings is 1. The minimum Gasteiger partial charge on any atom is -0.368 e. The van der Waals surface area contributed by atoms with Gasteiger partial charge < -0.3 is 5.73 Å². The van der Waals surface area contributed by atoms with Gasteiger partial charge in [-0.15, -0.1) is 0 Å². The molecule has 1 heterocycles. The van der Waals surface area contributed by atoms with Crippen LogP contribution in [0.3, 0.4) is 0 Å². The Morgan fingerprint density at radius 3 is 2.44 bits per heavy atom. The molecule has 0 bridgehead atoms. The molecule has 0 spiro atoms. The predicted octanol–water partition coefficient (Wildman–Crippen LogP) is 2.96. The molecule has 2 N–H and O–H groups in total. The molecule has 0 radical (unpaired) electrons. The van der Waals surface area contributed by atoms with Crippen molar-refractivity contribution in [1.29, 1.82) is 0 Å². The summed E-state index contributed by atoms with van der Waals surface area (Å²) in [5, 5.41) is 1.27. The zero-order valence-corrected chi connectivity index (χ0v) is 9.83. The van der Waals surface area contributed by atoms with Crippen molar-refractivity contribution in [3.63, 3.8) is 0 Å². The fourth-order valence-corrected chi connectivity index (χ4v) is 1.82. The van der Waals surface area contributed by atoms with E-state index >= 15 is 0 Å². The summed E-state index contributed by atoms with van der Waals surface area (Å²) in [5.41, 5.74) is 7.35. The first-order valence-electron chi connectivity index (χ1n) is 4.65. The fraction of sp³-hybridized carbons (Fsp3) is 0.0909. The number of nitrogens with two attached hydrogens (primary N) is 1. The molecule has 16 heavy (non-hydrogen) atoms. The van der Waals surface area contributed by atoms with Crippen LogP contribution >= 0.6 is 23.2 Å². The Bertz CT molecular complexity index is 497. The Morgan fingerprint density at radius 2 is 1.81 bits per heavy atom. The third-order valence-electron chi connectivity index (χ3n) is 2.13. The van der Waals surface area contributed by atoms with Crippen LogP contribution in [0.4, 0.5) is 5.95 Å². The van der Waals surface area contributed by atoms with Gasteiger partial charge in [0.25, 0.3) is 0 Å². The van der Waals surface area contributed by atoms with Gasteiger partial charge >= 0.3 is 0 Å². The first-order chi connectivity index (χ1) is 7.65. The highest BCUT2D eigenvalue weighted by Crippen LogP contribution is 2.22. The summed E-state index contributed by atoms with van der Waals surface area (Å²) < 4.78 is 0. The van der Waals surface area contributed by atoms with Gasteiger partial charge in [-0.3, -0.25) is 0 Å². The lowest BCUT2D eigenvalue weighted by Gasteiger charge is -2.04. The number of rotatable bonds is 2. The van der Waals surface area contributed by atoms with Gasteiger partial charge in [0.05, 0.1) is 0 Å². The number of aromatic nitrogens is 2. The highest BCUT2D eigenvalue weighted by Gasteiger charge is 2.03. The van der Waals surface area contributed by atoms with Crippen molar-refractivity contribution in [2.24, 2.45) is 0 Å². The van der Waals surface area contributed by atoms with Gasteiger partial charge in [0.15, 0.2) is 0 Å². The van der Waals surface area contributed by atoms with Gasteiger partial charge in [-0.05, 0) is 23.3 Å². The average molecular weight is 254 g/mol. The number of anilines is 1. The third kappa shape index (κ3) is 2.62. The van der Waals surface area contributed by atoms with E-state index in [9.17, 15) is 0 Å². The van der Waals surface area contributed by atoms with Crippen LogP contribution in [0, 0.1) is 0 Å². The van der Waals surface area contributed by atoms with Crippen molar-refractivity contribution in [2.45, 2.75) is 6.42 Å². The molecule has 2 rings (SSSR count). The summed E-state index contributed by atoms with van der Waals surface area (Å²) in [6.07, 6.45) is 4.04. The second-order valence-electron chi connectivity index (χ2n) is 3.36. The lowest BCUT2D eigenvalue weighted by atomic mass is 10.1. The largest absolute Gasteiger partial charge is 0.368 e. The van der Waals surface area contributed by atoms with E-state index in [0.29, 0.717) is 16.5 Å². The van der Waals surface area contributed by atoms with Crippen molar-refractivity contribution >= 4 is 29.2 Å². The highest BCUT2D eigenvalue weighted by atomic mass is 35.5. The molecular weight excluding hydrogens is 245 g/mol. The van der Waals surface area contributed by atoms with Gasteiger partial charge in [0.1, 0.15) is 0 Å². The predicted molar refractivity (Wildman–Crippen MR) is 65.7 cm³/mol. The Morgan fingerprint density at radius 1 is 1.12 bits per heavy atom. The summed E-state index contributed by atoms with van der Waals surface area (Å²) in [5.74, 6) is 0.269. The van der Waals surface area contributed by atoms with E-state index in [1.807, 2.05) is 6.07 Å². The van der Waals surface area contributed by atoms with Crippen molar-refractivity contribution in [3.8, 4) is 0 Å². The molecule has 0 atom stereocenters. The number of hydrogen-bond donors (Lipinski definition) is 1. The van der Waals surface area contributed by atoms with E-state index in [1.165, 1.54) is 0 Å². The van der Waals surface area contributed by atoms with E-state index in [0.717, 1.165) is 11.1 Å². The molecule has 1 aromatic carbocycles. The molecule has 82 valence electrons.